The second kappa shape index (κ2) is 4.74. The molecular weight excluding hydrogens is 182 g/mol. The van der Waals surface area contributed by atoms with Crippen LogP contribution in [0.2, 0.25) is 0 Å². The lowest BCUT2D eigenvalue weighted by Crippen LogP contribution is -2.16. The van der Waals surface area contributed by atoms with Crippen molar-refractivity contribution >= 4 is 5.97 Å². The van der Waals surface area contributed by atoms with Gasteiger partial charge in [0, 0.05) is 0 Å². The Morgan fingerprint density at radius 2 is 2.29 bits per heavy atom. The van der Waals surface area contributed by atoms with E-state index in [0.29, 0.717) is 24.7 Å². The summed E-state index contributed by atoms with van der Waals surface area (Å²) in [7, 11) is 0. The van der Waals surface area contributed by atoms with E-state index in [1.54, 1.807) is 13.8 Å². The van der Waals surface area contributed by atoms with Gasteiger partial charge in [-0.05, 0) is 20.3 Å². The van der Waals surface area contributed by atoms with Crippen LogP contribution >= 0.6 is 0 Å². The molecule has 5 heteroatoms. The number of aromatic amines is 1. The Balaban J connectivity index is 2.76. The monoisotopic (exact) mass is 197 g/mol. The Morgan fingerprint density at radius 3 is 2.71 bits per heavy atom. The maximum atomic E-state index is 11.5. The van der Waals surface area contributed by atoms with Crippen molar-refractivity contribution in [2.45, 2.75) is 33.1 Å². The number of rotatable bonds is 4. The summed E-state index contributed by atoms with van der Waals surface area (Å²) < 4.78 is 4.93. The third kappa shape index (κ3) is 2.31. The van der Waals surface area contributed by atoms with Crippen molar-refractivity contribution in [2.75, 3.05) is 6.61 Å². The quantitative estimate of drug-likeness (QED) is 0.736. The summed E-state index contributed by atoms with van der Waals surface area (Å²) in [6.45, 7) is 5.88. The summed E-state index contributed by atoms with van der Waals surface area (Å²) in [6, 6.07) is 0. The van der Waals surface area contributed by atoms with Gasteiger partial charge in [-0.15, -0.1) is 0 Å². The molecule has 0 amide bonds. The summed E-state index contributed by atoms with van der Waals surface area (Å²) in [5.74, 6) is 0.625. The number of carbonyl (C=O) groups excluding carboxylic acids is 1. The summed E-state index contributed by atoms with van der Waals surface area (Å²) in [5.41, 5.74) is 0. The fourth-order valence-corrected chi connectivity index (χ4v) is 1.21. The maximum absolute atomic E-state index is 11.5. The average Bonchev–Trinajstić information content (AvgIpc) is 2.54. The van der Waals surface area contributed by atoms with E-state index >= 15 is 0 Å². The molecule has 1 atom stereocenters. The number of esters is 1. The van der Waals surface area contributed by atoms with Crippen LogP contribution in [-0.4, -0.2) is 27.8 Å². The van der Waals surface area contributed by atoms with Crippen LogP contribution in [0.4, 0.5) is 0 Å². The number of aromatic nitrogens is 3. The van der Waals surface area contributed by atoms with E-state index in [1.165, 1.54) is 0 Å². The third-order valence-electron chi connectivity index (χ3n) is 1.91. The van der Waals surface area contributed by atoms with Crippen LogP contribution in [0.1, 0.15) is 37.8 Å². The van der Waals surface area contributed by atoms with Gasteiger partial charge < -0.3 is 4.74 Å². The van der Waals surface area contributed by atoms with Gasteiger partial charge >= 0.3 is 5.97 Å². The van der Waals surface area contributed by atoms with Crippen LogP contribution < -0.4 is 0 Å². The van der Waals surface area contributed by atoms with Crippen LogP contribution in [0.25, 0.3) is 0 Å². The molecule has 1 heterocycles. The Hall–Kier alpha value is -1.39. The molecule has 0 bridgehead atoms. The minimum atomic E-state index is -0.347. The van der Waals surface area contributed by atoms with Crippen LogP contribution in [0.5, 0.6) is 0 Å². The minimum absolute atomic E-state index is 0.256. The van der Waals surface area contributed by atoms with Crippen molar-refractivity contribution in [1.29, 1.82) is 0 Å². The Bertz CT molecular complexity index is 309. The predicted molar refractivity (Wildman–Crippen MR) is 50.8 cm³/mol. The van der Waals surface area contributed by atoms with E-state index in [0.717, 1.165) is 0 Å². The lowest BCUT2D eigenvalue weighted by atomic mass is 10.1. The molecule has 0 saturated heterocycles. The molecule has 0 spiro atoms. The Labute approximate surface area is 82.9 Å². The summed E-state index contributed by atoms with van der Waals surface area (Å²) in [4.78, 5) is 15.6. The second-order valence-corrected chi connectivity index (χ2v) is 2.99. The first-order chi connectivity index (χ1) is 6.69. The molecule has 0 aromatic carbocycles. The van der Waals surface area contributed by atoms with E-state index in [-0.39, 0.29) is 11.9 Å². The van der Waals surface area contributed by atoms with Crippen LogP contribution in [0.3, 0.4) is 0 Å². The van der Waals surface area contributed by atoms with Crippen LogP contribution in [0, 0.1) is 6.92 Å². The first-order valence-corrected chi connectivity index (χ1v) is 4.74. The van der Waals surface area contributed by atoms with Gasteiger partial charge in [-0.25, -0.2) is 4.98 Å². The number of aryl methyl sites for hydroxylation is 1. The normalized spacial score (nSPS) is 12.5. The minimum Gasteiger partial charge on any atom is -0.465 e. The van der Waals surface area contributed by atoms with Crippen molar-refractivity contribution in [1.82, 2.24) is 15.2 Å². The number of H-pyrrole nitrogens is 1. The second-order valence-electron chi connectivity index (χ2n) is 2.99. The molecule has 1 unspecified atom stereocenters. The SMILES string of the molecule is CCOC(=O)C(CC)c1n[nH]c(C)n1. The van der Waals surface area contributed by atoms with Gasteiger partial charge in [-0.2, -0.15) is 5.10 Å². The smallest absolute Gasteiger partial charge is 0.316 e. The third-order valence-corrected chi connectivity index (χ3v) is 1.91. The predicted octanol–water partition coefficient (Wildman–Crippen LogP) is 1.17. The van der Waals surface area contributed by atoms with E-state index < -0.39 is 0 Å². The molecule has 1 aromatic rings. The topological polar surface area (TPSA) is 67.9 Å². The highest BCUT2D eigenvalue weighted by Crippen LogP contribution is 2.16. The molecule has 0 aliphatic heterocycles. The average molecular weight is 197 g/mol. The van der Waals surface area contributed by atoms with Gasteiger partial charge in [0.05, 0.1) is 6.61 Å². The number of nitrogens with one attached hydrogen (secondary N) is 1. The molecule has 0 radical (unpaired) electrons. The van der Waals surface area contributed by atoms with Crippen molar-refractivity contribution < 1.29 is 9.53 Å². The molecule has 0 aliphatic rings. The lowest BCUT2D eigenvalue weighted by Gasteiger charge is -2.08. The van der Waals surface area contributed by atoms with Gasteiger partial charge in [0.2, 0.25) is 0 Å². The van der Waals surface area contributed by atoms with Crippen molar-refractivity contribution in [3.63, 3.8) is 0 Å². The van der Waals surface area contributed by atoms with Crippen LogP contribution in [-0.2, 0) is 9.53 Å². The fraction of sp³-hybridized carbons (Fsp3) is 0.667. The highest BCUT2D eigenvalue weighted by atomic mass is 16.5. The van der Waals surface area contributed by atoms with Crippen molar-refractivity contribution in [3.05, 3.63) is 11.6 Å². The number of nitrogens with zero attached hydrogens (tertiary/aromatic N) is 2. The summed E-state index contributed by atoms with van der Waals surface area (Å²) in [6.07, 6.45) is 0.649. The molecule has 0 aliphatic carbocycles. The highest BCUT2D eigenvalue weighted by Gasteiger charge is 2.23. The van der Waals surface area contributed by atoms with Crippen molar-refractivity contribution in [3.8, 4) is 0 Å². The van der Waals surface area contributed by atoms with Gasteiger partial charge in [0.25, 0.3) is 0 Å². The van der Waals surface area contributed by atoms with Crippen molar-refractivity contribution in [2.24, 2.45) is 0 Å². The van der Waals surface area contributed by atoms with E-state index in [2.05, 4.69) is 15.2 Å². The Morgan fingerprint density at radius 1 is 1.57 bits per heavy atom. The van der Waals surface area contributed by atoms with Gasteiger partial charge in [-0.3, -0.25) is 9.89 Å². The fourth-order valence-electron chi connectivity index (χ4n) is 1.21. The standard InChI is InChI=1S/C9H15N3O2/c1-4-7(9(13)14-5-2)8-10-6(3)11-12-8/h7H,4-5H2,1-3H3,(H,10,11,12). The number of ether oxygens (including phenoxy) is 1. The largest absolute Gasteiger partial charge is 0.465 e. The van der Waals surface area contributed by atoms with E-state index in [4.69, 9.17) is 4.74 Å². The zero-order chi connectivity index (χ0) is 10.6. The molecular formula is C9H15N3O2. The van der Waals surface area contributed by atoms with E-state index in [1.807, 2.05) is 6.92 Å². The van der Waals surface area contributed by atoms with Gasteiger partial charge in [-0.1, -0.05) is 6.92 Å². The zero-order valence-electron chi connectivity index (χ0n) is 8.70. The maximum Gasteiger partial charge on any atom is 0.316 e. The summed E-state index contributed by atoms with van der Waals surface area (Å²) in [5, 5.41) is 6.66. The zero-order valence-corrected chi connectivity index (χ0v) is 8.70. The number of hydrogen-bond acceptors (Lipinski definition) is 4. The molecule has 14 heavy (non-hydrogen) atoms. The summed E-state index contributed by atoms with van der Waals surface area (Å²) >= 11 is 0. The first-order valence-electron chi connectivity index (χ1n) is 4.74. The number of hydrogen-bond donors (Lipinski definition) is 1. The first kappa shape index (κ1) is 10.7. The molecule has 1 aromatic heterocycles. The van der Waals surface area contributed by atoms with Gasteiger partial charge in [0.15, 0.2) is 5.82 Å². The molecule has 5 nitrogen and oxygen atoms in total. The molecule has 78 valence electrons. The van der Waals surface area contributed by atoms with E-state index in [9.17, 15) is 4.79 Å². The lowest BCUT2D eigenvalue weighted by molar-refractivity contribution is -0.145. The Kier molecular flexibility index (Phi) is 3.62. The number of carbonyl (C=O) groups is 1. The van der Waals surface area contributed by atoms with Crippen LogP contribution in [0.15, 0.2) is 0 Å². The molecule has 1 N–H and O–H groups in total. The molecule has 0 saturated carbocycles. The molecule has 1 rings (SSSR count). The molecule has 0 fully saturated rings. The highest BCUT2D eigenvalue weighted by molar-refractivity contribution is 5.76. The van der Waals surface area contributed by atoms with Gasteiger partial charge in [0.1, 0.15) is 11.7 Å².